The van der Waals surface area contributed by atoms with E-state index in [1.54, 1.807) is 0 Å². The van der Waals surface area contributed by atoms with Crippen molar-refractivity contribution in [3.05, 3.63) is 17.5 Å². The monoisotopic (exact) mass is 344 g/mol. The molecular formula is C20H32N4O. The largest absolute Gasteiger partial charge is 0.333 e. The van der Waals surface area contributed by atoms with Crippen LogP contribution in [-0.2, 0) is 5.54 Å². The van der Waals surface area contributed by atoms with Gasteiger partial charge in [0.2, 0.25) is 0 Å². The SMILES string of the molecule is CN1CCC[C@H]1[C@H]1CCCN1C(=O)c1cc(C2CC2)n(C(C)(C)C)n1. The number of nitrogens with zero attached hydrogens (tertiary/aromatic N) is 4. The fourth-order valence-electron chi connectivity index (χ4n) is 4.72. The van der Waals surface area contributed by atoms with Crippen LogP contribution in [0.4, 0.5) is 0 Å². The third kappa shape index (κ3) is 3.12. The molecular weight excluding hydrogens is 312 g/mol. The molecule has 1 aliphatic carbocycles. The molecule has 2 saturated heterocycles. The van der Waals surface area contributed by atoms with E-state index in [2.05, 4.69) is 48.4 Å². The highest BCUT2D eigenvalue weighted by molar-refractivity contribution is 5.93. The molecule has 0 N–H and O–H groups in total. The summed E-state index contributed by atoms with van der Waals surface area (Å²) in [6, 6.07) is 2.97. The molecule has 3 heterocycles. The Bertz CT molecular complexity index is 655. The molecule has 0 spiro atoms. The molecule has 0 aromatic carbocycles. The number of amides is 1. The summed E-state index contributed by atoms with van der Waals surface area (Å²) in [6.45, 7) is 8.56. The van der Waals surface area contributed by atoms with Crippen molar-refractivity contribution < 1.29 is 4.79 Å². The molecule has 138 valence electrons. The Morgan fingerprint density at radius 3 is 2.36 bits per heavy atom. The summed E-state index contributed by atoms with van der Waals surface area (Å²) in [4.78, 5) is 17.9. The molecule has 0 bridgehead atoms. The van der Waals surface area contributed by atoms with Crippen LogP contribution >= 0.6 is 0 Å². The summed E-state index contributed by atoms with van der Waals surface area (Å²) < 4.78 is 2.10. The second kappa shape index (κ2) is 6.11. The lowest BCUT2D eigenvalue weighted by atomic mass is 10.0. The zero-order valence-electron chi connectivity index (χ0n) is 16.2. The lowest BCUT2D eigenvalue weighted by Crippen LogP contribution is -2.47. The average molecular weight is 345 g/mol. The summed E-state index contributed by atoms with van der Waals surface area (Å²) >= 11 is 0. The van der Waals surface area contributed by atoms with Crippen LogP contribution in [0.25, 0.3) is 0 Å². The predicted octanol–water partition coefficient (Wildman–Crippen LogP) is 3.21. The molecule has 0 unspecified atom stereocenters. The first-order chi connectivity index (χ1) is 11.9. The normalized spacial score (nSPS) is 28.1. The number of carbonyl (C=O) groups excluding carboxylic acids is 1. The Hall–Kier alpha value is -1.36. The highest BCUT2D eigenvalue weighted by atomic mass is 16.2. The van der Waals surface area contributed by atoms with E-state index in [1.165, 1.54) is 31.4 Å². The van der Waals surface area contributed by atoms with Gasteiger partial charge in [-0.1, -0.05) is 0 Å². The molecule has 2 atom stereocenters. The van der Waals surface area contributed by atoms with Crippen molar-refractivity contribution in [1.29, 1.82) is 0 Å². The fraction of sp³-hybridized carbons (Fsp3) is 0.800. The molecule has 1 aromatic rings. The van der Waals surface area contributed by atoms with Gasteiger partial charge in [0.1, 0.15) is 0 Å². The second-order valence-electron chi connectivity index (χ2n) is 9.21. The van der Waals surface area contributed by atoms with E-state index in [9.17, 15) is 4.79 Å². The maximum Gasteiger partial charge on any atom is 0.274 e. The van der Waals surface area contributed by atoms with E-state index in [0.29, 0.717) is 23.7 Å². The summed E-state index contributed by atoms with van der Waals surface area (Å²) in [6.07, 6.45) is 7.19. The maximum atomic E-state index is 13.3. The van der Waals surface area contributed by atoms with Gasteiger partial charge in [-0.25, -0.2) is 0 Å². The van der Waals surface area contributed by atoms with Gasteiger partial charge >= 0.3 is 0 Å². The van der Waals surface area contributed by atoms with Crippen LogP contribution < -0.4 is 0 Å². The van der Waals surface area contributed by atoms with E-state index in [0.717, 1.165) is 25.9 Å². The molecule has 5 heteroatoms. The van der Waals surface area contributed by atoms with Crippen molar-refractivity contribution in [3.8, 4) is 0 Å². The van der Waals surface area contributed by atoms with Gasteiger partial charge in [0.15, 0.2) is 5.69 Å². The molecule has 1 saturated carbocycles. The minimum Gasteiger partial charge on any atom is -0.333 e. The Morgan fingerprint density at radius 2 is 1.76 bits per heavy atom. The van der Waals surface area contributed by atoms with E-state index in [4.69, 9.17) is 5.10 Å². The van der Waals surface area contributed by atoms with Gasteiger partial charge in [-0.05, 0) is 79.0 Å². The number of rotatable bonds is 3. The van der Waals surface area contributed by atoms with Crippen molar-refractivity contribution in [2.45, 2.75) is 82.8 Å². The molecule has 4 rings (SSSR count). The predicted molar refractivity (Wildman–Crippen MR) is 98.9 cm³/mol. The molecule has 5 nitrogen and oxygen atoms in total. The Morgan fingerprint density at radius 1 is 1.08 bits per heavy atom. The van der Waals surface area contributed by atoms with Crippen molar-refractivity contribution in [2.75, 3.05) is 20.1 Å². The number of aromatic nitrogens is 2. The van der Waals surface area contributed by atoms with Gasteiger partial charge in [-0.2, -0.15) is 5.10 Å². The zero-order chi connectivity index (χ0) is 17.8. The molecule has 3 fully saturated rings. The molecule has 0 radical (unpaired) electrons. The molecule has 1 aromatic heterocycles. The second-order valence-corrected chi connectivity index (χ2v) is 9.21. The minimum atomic E-state index is -0.0769. The first-order valence-electron chi connectivity index (χ1n) is 9.98. The van der Waals surface area contributed by atoms with Crippen LogP contribution in [0.3, 0.4) is 0 Å². The van der Waals surface area contributed by atoms with E-state index in [1.807, 2.05) is 0 Å². The Balaban J connectivity index is 1.60. The van der Waals surface area contributed by atoms with Crippen LogP contribution in [0.15, 0.2) is 6.07 Å². The molecule has 1 amide bonds. The van der Waals surface area contributed by atoms with E-state index < -0.39 is 0 Å². The number of hydrogen-bond donors (Lipinski definition) is 0. The first kappa shape index (κ1) is 17.1. The third-order valence-electron chi connectivity index (χ3n) is 6.17. The minimum absolute atomic E-state index is 0.0769. The van der Waals surface area contributed by atoms with Crippen LogP contribution in [0, 0.1) is 0 Å². The van der Waals surface area contributed by atoms with Crippen molar-refractivity contribution >= 4 is 5.91 Å². The van der Waals surface area contributed by atoms with Gasteiger partial charge in [0, 0.05) is 30.2 Å². The van der Waals surface area contributed by atoms with E-state index >= 15 is 0 Å². The number of likely N-dealkylation sites (tertiary alicyclic amines) is 2. The third-order valence-corrected chi connectivity index (χ3v) is 6.17. The maximum absolute atomic E-state index is 13.3. The number of hydrogen-bond acceptors (Lipinski definition) is 3. The van der Waals surface area contributed by atoms with Crippen molar-refractivity contribution in [3.63, 3.8) is 0 Å². The van der Waals surface area contributed by atoms with E-state index in [-0.39, 0.29) is 11.4 Å². The lowest BCUT2D eigenvalue weighted by Gasteiger charge is -2.32. The number of carbonyl (C=O) groups is 1. The fourth-order valence-corrected chi connectivity index (χ4v) is 4.72. The van der Waals surface area contributed by atoms with Gasteiger partial charge in [0.05, 0.1) is 5.54 Å². The standard InChI is InChI=1S/C20H32N4O/c1-20(2,3)24-18(14-9-10-14)13-15(21-24)19(25)23-12-6-8-17(23)16-7-5-11-22(16)4/h13-14,16-17H,5-12H2,1-4H3/t16-,17+/m0/s1. The average Bonchev–Trinajstić information content (AvgIpc) is 2.98. The summed E-state index contributed by atoms with van der Waals surface area (Å²) in [7, 11) is 2.21. The smallest absolute Gasteiger partial charge is 0.274 e. The van der Waals surface area contributed by atoms with Crippen molar-refractivity contribution in [2.24, 2.45) is 0 Å². The van der Waals surface area contributed by atoms with Gasteiger partial charge in [-0.3, -0.25) is 9.48 Å². The Kier molecular flexibility index (Phi) is 4.18. The quantitative estimate of drug-likeness (QED) is 0.845. The van der Waals surface area contributed by atoms with Crippen LogP contribution in [0.5, 0.6) is 0 Å². The van der Waals surface area contributed by atoms with Crippen LogP contribution in [0.1, 0.15) is 81.4 Å². The summed E-state index contributed by atoms with van der Waals surface area (Å²) in [5, 5.41) is 4.78. The summed E-state index contributed by atoms with van der Waals surface area (Å²) in [5.74, 6) is 0.747. The highest BCUT2D eigenvalue weighted by Crippen LogP contribution is 2.42. The molecule has 25 heavy (non-hydrogen) atoms. The molecule has 3 aliphatic rings. The van der Waals surface area contributed by atoms with Crippen LogP contribution in [0.2, 0.25) is 0 Å². The highest BCUT2D eigenvalue weighted by Gasteiger charge is 2.40. The summed E-state index contributed by atoms with van der Waals surface area (Å²) in [5.41, 5.74) is 1.83. The van der Waals surface area contributed by atoms with Gasteiger partial charge < -0.3 is 9.80 Å². The first-order valence-corrected chi connectivity index (χ1v) is 9.98. The topological polar surface area (TPSA) is 41.4 Å². The molecule has 2 aliphatic heterocycles. The van der Waals surface area contributed by atoms with Gasteiger partial charge in [-0.15, -0.1) is 0 Å². The van der Waals surface area contributed by atoms with Gasteiger partial charge in [0.25, 0.3) is 5.91 Å². The lowest BCUT2D eigenvalue weighted by molar-refractivity contribution is 0.0657. The Labute approximate surface area is 151 Å². The number of likely N-dealkylation sites (N-methyl/N-ethyl adjacent to an activating group) is 1. The van der Waals surface area contributed by atoms with Crippen LogP contribution in [-0.4, -0.2) is 57.7 Å². The zero-order valence-corrected chi connectivity index (χ0v) is 16.2. The van der Waals surface area contributed by atoms with Crippen molar-refractivity contribution in [1.82, 2.24) is 19.6 Å².